The van der Waals surface area contributed by atoms with Crippen LogP contribution in [0.4, 0.5) is 5.69 Å². The second kappa shape index (κ2) is 5.70. The predicted molar refractivity (Wildman–Crippen MR) is 94.0 cm³/mol. The lowest BCUT2D eigenvalue weighted by Crippen LogP contribution is -2.31. The summed E-state index contributed by atoms with van der Waals surface area (Å²) >= 11 is 3.51. The van der Waals surface area contributed by atoms with Gasteiger partial charge in [-0.3, -0.25) is 14.4 Å². The highest BCUT2D eigenvalue weighted by atomic mass is 79.9. The van der Waals surface area contributed by atoms with E-state index >= 15 is 0 Å². The Balaban J connectivity index is 2.03. The smallest absolute Gasteiger partial charge is 0.269 e. The molecule has 1 aliphatic heterocycles. The van der Waals surface area contributed by atoms with E-state index in [0.717, 1.165) is 22.2 Å². The molecule has 0 amide bonds. The Labute approximate surface area is 149 Å². The van der Waals surface area contributed by atoms with Gasteiger partial charge in [0.15, 0.2) is 0 Å². The highest BCUT2D eigenvalue weighted by Crippen LogP contribution is 2.47. The number of hydrogen-bond donors (Lipinski definition) is 0. The Bertz CT molecular complexity index is 870. The highest BCUT2D eigenvalue weighted by Gasteiger charge is 2.43. The molecule has 0 unspecified atom stereocenters. The summed E-state index contributed by atoms with van der Waals surface area (Å²) in [5.74, 6) is 0. The zero-order valence-corrected chi connectivity index (χ0v) is 15.7. The number of rotatable bonds is 3. The second-order valence-electron chi connectivity index (χ2n) is 6.60. The van der Waals surface area contributed by atoms with Gasteiger partial charge in [0.1, 0.15) is 0 Å². The topological polar surface area (TPSA) is 80.5 Å². The van der Waals surface area contributed by atoms with Gasteiger partial charge in [0.2, 0.25) is 0 Å². The third kappa shape index (κ3) is 2.77. The molecule has 6 nitrogen and oxygen atoms in total. The van der Waals surface area contributed by atoms with E-state index in [4.69, 9.17) is 0 Å². The molecule has 0 bridgehead atoms. The van der Waals surface area contributed by atoms with Crippen LogP contribution >= 0.6 is 15.9 Å². The number of halogens is 1. The van der Waals surface area contributed by atoms with Gasteiger partial charge in [-0.05, 0) is 41.1 Å². The molecule has 0 atom stereocenters. The number of nitro benzene ring substituents is 1. The van der Waals surface area contributed by atoms with E-state index in [1.165, 1.54) is 28.6 Å². The van der Waals surface area contributed by atoms with E-state index in [9.17, 15) is 18.5 Å². The van der Waals surface area contributed by atoms with Crippen LogP contribution in [-0.4, -0.2) is 24.2 Å². The van der Waals surface area contributed by atoms with Crippen LogP contribution in [0.1, 0.15) is 26.7 Å². The third-order valence-corrected chi connectivity index (χ3v) is 6.84. The quantitative estimate of drug-likeness (QED) is 0.555. The molecule has 128 valence electrons. The van der Waals surface area contributed by atoms with Gasteiger partial charge in [0, 0.05) is 29.8 Å². The number of allylic oxidation sites excluding steroid dienone is 3. The van der Waals surface area contributed by atoms with Crippen molar-refractivity contribution >= 4 is 31.6 Å². The molecule has 2 aliphatic rings. The lowest BCUT2D eigenvalue weighted by atomic mass is 9.84. The maximum atomic E-state index is 13.0. The molecule has 1 aromatic rings. The van der Waals surface area contributed by atoms with Gasteiger partial charge in [-0.2, -0.15) is 0 Å². The van der Waals surface area contributed by atoms with Crippen molar-refractivity contribution < 1.29 is 13.3 Å². The number of non-ortho nitro benzene ring substituents is 1. The van der Waals surface area contributed by atoms with E-state index in [0.29, 0.717) is 13.0 Å². The Kier molecular flexibility index (Phi) is 4.08. The summed E-state index contributed by atoms with van der Waals surface area (Å²) in [5, 5.41) is 10.7. The van der Waals surface area contributed by atoms with Crippen LogP contribution in [0.15, 0.2) is 51.0 Å². The van der Waals surface area contributed by atoms with E-state index in [1.807, 2.05) is 19.9 Å². The molecular weight excluding hydrogens is 396 g/mol. The molecule has 0 saturated carbocycles. The van der Waals surface area contributed by atoms with Crippen molar-refractivity contribution in [2.24, 2.45) is 5.41 Å². The summed E-state index contributed by atoms with van der Waals surface area (Å²) in [6.07, 6.45) is 3.44. The van der Waals surface area contributed by atoms with Gasteiger partial charge >= 0.3 is 0 Å². The lowest BCUT2D eigenvalue weighted by Gasteiger charge is -2.24. The Hall–Kier alpha value is -1.67. The van der Waals surface area contributed by atoms with Crippen LogP contribution < -0.4 is 0 Å². The molecule has 3 rings (SSSR count). The molecule has 0 radical (unpaired) electrons. The summed E-state index contributed by atoms with van der Waals surface area (Å²) in [5.41, 5.74) is 1.45. The number of hydrogen-bond acceptors (Lipinski definition) is 4. The van der Waals surface area contributed by atoms with Crippen molar-refractivity contribution in [3.8, 4) is 0 Å². The molecule has 24 heavy (non-hydrogen) atoms. The monoisotopic (exact) mass is 412 g/mol. The molecule has 0 aromatic heterocycles. The van der Waals surface area contributed by atoms with Crippen LogP contribution in [0.5, 0.6) is 0 Å². The molecule has 1 heterocycles. The normalized spacial score (nSPS) is 20.0. The zero-order valence-electron chi connectivity index (χ0n) is 13.3. The summed E-state index contributed by atoms with van der Waals surface area (Å²) < 4.78 is 28.6. The molecule has 1 aromatic carbocycles. The average Bonchev–Trinajstić information content (AvgIpc) is 2.79. The number of sulfonamides is 1. The molecule has 0 spiro atoms. The fourth-order valence-electron chi connectivity index (χ4n) is 3.17. The largest absolute Gasteiger partial charge is 0.269 e. The highest BCUT2D eigenvalue weighted by molar-refractivity contribution is 9.11. The van der Waals surface area contributed by atoms with Crippen molar-refractivity contribution in [1.82, 2.24) is 4.31 Å². The molecule has 0 saturated heterocycles. The van der Waals surface area contributed by atoms with Gasteiger partial charge in [-0.25, -0.2) is 8.42 Å². The minimum absolute atomic E-state index is 0.0752. The van der Waals surface area contributed by atoms with Crippen LogP contribution in [-0.2, 0) is 10.0 Å². The summed E-state index contributed by atoms with van der Waals surface area (Å²) in [6.45, 7) is 4.42. The molecule has 1 aliphatic carbocycles. The van der Waals surface area contributed by atoms with Gasteiger partial charge in [0.05, 0.1) is 9.82 Å². The number of nitrogens with zero attached hydrogens (tertiary/aromatic N) is 2. The third-order valence-electron chi connectivity index (χ3n) is 4.42. The van der Waals surface area contributed by atoms with Crippen molar-refractivity contribution in [3.05, 3.63) is 56.2 Å². The first kappa shape index (κ1) is 17.2. The summed E-state index contributed by atoms with van der Waals surface area (Å²) in [4.78, 5) is 10.3. The molecule has 0 fully saturated rings. The van der Waals surface area contributed by atoms with Crippen molar-refractivity contribution in [1.29, 1.82) is 0 Å². The second-order valence-corrected chi connectivity index (χ2v) is 9.48. The first-order valence-electron chi connectivity index (χ1n) is 7.50. The predicted octanol–water partition coefficient (Wildman–Crippen LogP) is 3.95. The van der Waals surface area contributed by atoms with E-state index < -0.39 is 14.9 Å². The van der Waals surface area contributed by atoms with Crippen molar-refractivity contribution in [2.75, 3.05) is 6.54 Å². The van der Waals surface area contributed by atoms with Gasteiger partial charge in [-0.1, -0.05) is 29.8 Å². The molecule has 0 N–H and O–H groups in total. The Morgan fingerprint density at radius 1 is 1.21 bits per heavy atom. The maximum Gasteiger partial charge on any atom is 0.269 e. The lowest BCUT2D eigenvalue weighted by molar-refractivity contribution is -0.384. The molecule has 8 heteroatoms. The summed E-state index contributed by atoms with van der Waals surface area (Å²) in [7, 11) is -3.73. The van der Waals surface area contributed by atoms with Crippen LogP contribution in [0.3, 0.4) is 0 Å². The van der Waals surface area contributed by atoms with E-state index in [2.05, 4.69) is 15.9 Å². The fraction of sp³-hybridized carbons (Fsp3) is 0.375. The minimum atomic E-state index is -3.73. The van der Waals surface area contributed by atoms with Gasteiger partial charge < -0.3 is 0 Å². The first-order chi connectivity index (χ1) is 11.1. The SMILES string of the molecule is CC1(C)CN(S(=O)(=O)c2ccc([N+](=O)[O-])cc2)C2=C1C=C(Br)CC2. The Morgan fingerprint density at radius 3 is 2.42 bits per heavy atom. The van der Waals surface area contributed by atoms with Crippen molar-refractivity contribution in [3.63, 3.8) is 0 Å². The van der Waals surface area contributed by atoms with Crippen LogP contribution in [0.2, 0.25) is 0 Å². The van der Waals surface area contributed by atoms with Gasteiger partial charge in [-0.15, -0.1) is 0 Å². The number of benzene rings is 1. The van der Waals surface area contributed by atoms with Crippen molar-refractivity contribution in [2.45, 2.75) is 31.6 Å². The average molecular weight is 413 g/mol. The first-order valence-corrected chi connectivity index (χ1v) is 9.73. The number of nitro groups is 1. The maximum absolute atomic E-state index is 13.0. The standard InChI is InChI=1S/C16H17BrN2O4S/c1-16(2)10-18(15-8-3-11(17)9-14(15)16)24(22,23)13-6-4-12(5-7-13)19(20)21/h4-7,9H,3,8,10H2,1-2H3. The molecular formula is C16H17BrN2O4S. The zero-order chi connectivity index (χ0) is 17.7. The summed E-state index contributed by atoms with van der Waals surface area (Å²) in [6, 6.07) is 5.04. The fourth-order valence-corrected chi connectivity index (χ4v) is 5.30. The van der Waals surface area contributed by atoms with Crippen LogP contribution in [0, 0.1) is 15.5 Å². The van der Waals surface area contributed by atoms with E-state index in [-0.39, 0.29) is 16.0 Å². The van der Waals surface area contributed by atoms with Gasteiger partial charge in [0.25, 0.3) is 15.7 Å². The minimum Gasteiger partial charge on any atom is -0.269 e. The Morgan fingerprint density at radius 2 is 1.83 bits per heavy atom. The van der Waals surface area contributed by atoms with E-state index in [1.54, 1.807) is 0 Å². The van der Waals surface area contributed by atoms with Crippen LogP contribution in [0.25, 0.3) is 0 Å².